The van der Waals surface area contributed by atoms with E-state index in [1.807, 2.05) is 24.3 Å². The molecule has 0 radical (unpaired) electrons. The summed E-state index contributed by atoms with van der Waals surface area (Å²) in [4.78, 5) is 0. The van der Waals surface area contributed by atoms with Gasteiger partial charge in [0, 0.05) is 20.2 Å². The van der Waals surface area contributed by atoms with E-state index in [1.165, 1.54) is 56.9 Å². The maximum Gasteiger partial charge on any atom is 0.123 e. The van der Waals surface area contributed by atoms with Gasteiger partial charge in [0.05, 0.1) is 0 Å². The van der Waals surface area contributed by atoms with Crippen molar-refractivity contribution in [1.82, 2.24) is 4.67 Å². The van der Waals surface area contributed by atoms with E-state index in [4.69, 9.17) is 0 Å². The van der Waals surface area contributed by atoms with E-state index in [1.54, 1.807) is 0 Å². The van der Waals surface area contributed by atoms with Gasteiger partial charge in [0.25, 0.3) is 0 Å². The summed E-state index contributed by atoms with van der Waals surface area (Å²) >= 11 is 0. The van der Waals surface area contributed by atoms with Gasteiger partial charge in [0.15, 0.2) is 0 Å². The molecule has 40 heavy (non-hydrogen) atoms. The molecule has 6 rings (SSSR count). The molecule has 0 aromatic heterocycles. The molecule has 6 aromatic carbocycles. The molecule has 2 atom stereocenters. The van der Waals surface area contributed by atoms with Crippen molar-refractivity contribution in [2.75, 3.05) is 0 Å². The second-order valence-corrected chi connectivity index (χ2v) is 12.3. The zero-order chi connectivity index (χ0) is 27.6. The van der Waals surface area contributed by atoms with E-state index in [0.29, 0.717) is 0 Å². The summed E-state index contributed by atoms with van der Waals surface area (Å²) in [5, 5.41) is 6.82. The fraction of sp³-hybridized carbons (Fsp3) is 0.111. The Morgan fingerprint density at radius 1 is 0.475 bits per heavy atom. The standard InChI is InChI=1S/C36H30F2NP/c1-25(29-13-11-27-7-3-5-9-31(27)23-29)39(26(2)30-14-12-28-8-4-6-10-32(28)24-30)40(35-19-15-33(37)16-20-35)36-21-17-34(38)18-22-36/h3-26H,1-2H3/t25-,26-/m0/s1. The Hall–Kier alpha value is -3.91. The van der Waals surface area contributed by atoms with E-state index < -0.39 is 8.07 Å². The summed E-state index contributed by atoms with van der Waals surface area (Å²) in [5.74, 6) is -0.538. The highest BCUT2D eigenvalue weighted by Gasteiger charge is 2.33. The van der Waals surface area contributed by atoms with Crippen LogP contribution in [0.1, 0.15) is 37.1 Å². The lowest BCUT2D eigenvalue weighted by Gasteiger charge is -2.42. The first-order valence-corrected chi connectivity index (χ1v) is 14.8. The molecule has 0 aliphatic heterocycles. The van der Waals surface area contributed by atoms with Gasteiger partial charge in [-0.05, 0) is 93.5 Å². The number of fused-ring (bicyclic) bond motifs is 2. The average molecular weight is 546 g/mol. The Bertz CT molecular complexity index is 1630. The molecular formula is C36H30F2NP. The molecule has 0 aliphatic carbocycles. The van der Waals surface area contributed by atoms with E-state index in [9.17, 15) is 8.78 Å². The number of nitrogens with zero attached hydrogens (tertiary/aromatic N) is 1. The molecule has 0 unspecified atom stereocenters. The normalized spacial score (nSPS) is 13.2. The van der Waals surface area contributed by atoms with Crippen LogP contribution in [0.5, 0.6) is 0 Å². The van der Waals surface area contributed by atoms with Crippen LogP contribution in [0.3, 0.4) is 0 Å². The predicted octanol–water partition coefficient (Wildman–Crippen LogP) is 9.44. The summed E-state index contributed by atoms with van der Waals surface area (Å²) in [5.41, 5.74) is 2.39. The molecule has 0 saturated heterocycles. The maximum absolute atomic E-state index is 14.1. The molecule has 6 aromatic rings. The second-order valence-electron chi connectivity index (χ2n) is 10.2. The van der Waals surface area contributed by atoms with Gasteiger partial charge in [-0.1, -0.05) is 97.1 Å². The minimum absolute atomic E-state index is 0.00675. The topological polar surface area (TPSA) is 3.24 Å². The number of hydrogen-bond donors (Lipinski definition) is 0. The van der Waals surface area contributed by atoms with E-state index in [-0.39, 0.29) is 23.7 Å². The summed E-state index contributed by atoms with van der Waals surface area (Å²) in [6.45, 7) is 4.48. The SMILES string of the molecule is C[C@@H](c1ccc2ccccc2c1)N([C@@H](C)c1ccc2ccccc2c1)P(c1ccc(F)cc1)c1ccc(F)cc1. The second kappa shape index (κ2) is 11.3. The lowest BCUT2D eigenvalue weighted by atomic mass is 9.99. The molecule has 0 bridgehead atoms. The van der Waals surface area contributed by atoms with Gasteiger partial charge >= 0.3 is 0 Å². The summed E-state index contributed by atoms with van der Waals surface area (Å²) in [7, 11) is -1.15. The van der Waals surface area contributed by atoms with Crippen molar-refractivity contribution in [1.29, 1.82) is 0 Å². The minimum atomic E-state index is -1.15. The highest BCUT2D eigenvalue weighted by atomic mass is 31.1. The summed E-state index contributed by atoms with van der Waals surface area (Å²) in [6, 6.07) is 43.7. The molecule has 0 fully saturated rings. The number of rotatable bonds is 7. The fourth-order valence-corrected chi connectivity index (χ4v) is 8.16. The van der Waals surface area contributed by atoms with Gasteiger partial charge in [0.2, 0.25) is 0 Å². The zero-order valence-electron chi connectivity index (χ0n) is 22.5. The minimum Gasteiger partial charge on any atom is -0.261 e. The highest BCUT2D eigenvalue weighted by molar-refractivity contribution is 7.70. The van der Waals surface area contributed by atoms with Gasteiger partial charge in [-0.15, -0.1) is 0 Å². The van der Waals surface area contributed by atoms with Crippen molar-refractivity contribution in [3.05, 3.63) is 156 Å². The molecule has 1 nitrogen and oxygen atoms in total. The third-order valence-electron chi connectivity index (χ3n) is 7.68. The van der Waals surface area contributed by atoms with Crippen LogP contribution >= 0.6 is 8.07 Å². The van der Waals surface area contributed by atoms with Gasteiger partial charge in [0.1, 0.15) is 11.6 Å². The molecule has 198 valence electrons. The van der Waals surface area contributed by atoms with E-state index >= 15 is 0 Å². The smallest absolute Gasteiger partial charge is 0.123 e. The predicted molar refractivity (Wildman–Crippen MR) is 166 cm³/mol. The lowest BCUT2D eigenvalue weighted by Crippen LogP contribution is -2.33. The van der Waals surface area contributed by atoms with E-state index in [2.05, 4.69) is 103 Å². The van der Waals surface area contributed by atoms with Crippen molar-refractivity contribution in [2.45, 2.75) is 25.9 Å². The molecule has 0 N–H and O–H groups in total. The first-order valence-electron chi connectivity index (χ1n) is 13.5. The molecule has 0 heterocycles. The third kappa shape index (κ3) is 5.28. The lowest BCUT2D eigenvalue weighted by molar-refractivity contribution is 0.303. The fourth-order valence-electron chi connectivity index (χ4n) is 5.50. The quantitative estimate of drug-likeness (QED) is 0.181. The van der Waals surface area contributed by atoms with Crippen LogP contribution in [0.2, 0.25) is 0 Å². The average Bonchev–Trinajstić information content (AvgIpc) is 3.00. The molecule has 0 spiro atoms. The van der Waals surface area contributed by atoms with Gasteiger partial charge in [-0.3, -0.25) is 4.67 Å². The number of hydrogen-bond acceptors (Lipinski definition) is 1. The zero-order valence-corrected chi connectivity index (χ0v) is 23.4. The Balaban J connectivity index is 1.54. The Labute approximate surface area is 235 Å². The van der Waals surface area contributed by atoms with Crippen LogP contribution in [0, 0.1) is 11.6 Å². The van der Waals surface area contributed by atoms with Crippen molar-refractivity contribution in [2.24, 2.45) is 0 Å². The van der Waals surface area contributed by atoms with Crippen molar-refractivity contribution < 1.29 is 8.78 Å². The highest BCUT2D eigenvalue weighted by Crippen LogP contribution is 2.50. The van der Waals surface area contributed by atoms with Crippen LogP contribution in [-0.4, -0.2) is 4.67 Å². The largest absolute Gasteiger partial charge is 0.261 e. The molecule has 4 heteroatoms. The van der Waals surface area contributed by atoms with Crippen molar-refractivity contribution >= 4 is 40.2 Å². The van der Waals surface area contributed by atoms with Crippen molar-refractivity contribution in [3.8, 4) is 0 Å². The first-order chi connectivity index (χ1) is 19.5. The van der Waals surface area contributed by atoms with Crippen LogP contribution in [0.15, 0.2) is 133 Å². The number of benzene rings is 6. The van der Waals surface area contributed by atoms with Crippen LogP contribution in [0.4, 0.5) is 8.78 Å². The third-order valence-corrected chi connectivity index (χ3v) is 10.4. The summed E-state index contributed by atoms with van der Waals surface area (Å²) < 4.78 is 30.7. The maximum atomic E-state index is 14.1. The molecule has 0 amide bonds. The Morgan fingerprint density at radius 3 is 1.25 bits per heavy atom. The molecule has 0 aliphatic rings. The Morgan fingerprint density at radius 2 is 0.850 bits per heavy atom. The first kappa shape index (κ1) is 26.3. The van der Waals surface area contributed by atoms with E-state index in [0.717, 1.165) is 10.6 Å². The van der Waals surface area contributed by atoms with Crippen molar-refractivity contribution in [3.63, 3.8) is 0 Å². The van der Waals surface area contributed by atoms with Crippen LogP contribution in [-0.2, 0) is 0 Å². The monoisotopic (exact) mass is 545 g/mol. The summed E-state index contributed by atoms with van der Waals surface area (Å²) in [6.07, 6.45) is 0. The van der Waals surface area contributed by atoms with Gasteiger partial charge < -0.3 is 0 Å². The molecular weight excluding hydrogens is 515 g/mol. The molecule has 0 saturated carbocycles. The Kier molecular flexibility index (Phi) is 7.43. The van der Waals surface area contributed by atoms with Gasteiger partial charge in [-0.25, -0.2) is 8.78 Å². The van der Waals surface area contributed by atoms with Gasteiger partial charge in [-0.2, -0.15) is 0 Å². The van der Waals surface area contributed by atoms with Crippen LogP contribution < -0.4 is 10.6 Å². The van der Waals surface area contributed by atoms with Crippen LogP contribution in [0.25, 0.3) is 21.5 Å². The number of halogens is 2.